The average Bonchev–Trinajstić information content (AvgIpc) is 2.98. The standard InChI is InChI=1S/C19H16N4OS/c24-19-22-12-11-20-18(25-14-16-9-5-2-6-10-16)17(22)21-23(19)13-15-7-3-1-4-8-15/h1-12H,13-14H2. The first-order chi connectivity index (χ1) is 12.3. The van der Waals surface area contributed by atoms with Crippen LogP contribution in [0, 0.1) is 0 Å². The van der Waals surface area contributed by atoms with Crippen LogP contribution in [0.1, 0.15) is 11.1 Å². The van der Waals surface area contributed by atoms with Crippen molar-refractivity contribution in [1.29, 1.82) is 0 Å². The summed E-state index contributed by atoms with van der Waals surface area (Å²) in [5.41, 5.74) is 2.70. The third kappa shape index (κ3) is 3.34. The molecule has 25 heavy (non-hydrogen) atoms. The number of fused-ring (bicyclic) bond motifs is 1. The molecule has 0 atom stereocenters. The van der Waals surface area contributed by atoms with Crippen molar-refractivity contribution in [2.45, 2.75) is 17.3 Å². The first-order valence-electron chi connectivity index (χ1n) is 7.96. The Bertz CT molecular complexity index is 1040. The highest BCUT2D eigenvalue weighted by Crippen LogP contribution is 2.23. The summed E-state index contributed by atoms with van der Waals surface area (Å²) in [6.07, 6.45) is 3.31. The van der Waals surface area contributed by atoms with Crippen LogP contribution in [0.3, 0.4) is 0 Å². The SMILES string of the molecule is O=c1n(Cc2ccccc2)nc2c(SCc3ccccc3)nccn12. The van der Waals surface area contributed by atoms with Crippen LogP contribution in [0.4, 0.5) is 0 Å². The van der Waals surface area contributed by atoms with Gasteiger partial charge in [0, 0.05) is 18.1 Å². The molecule has 0 unspecified atom stereocenters. The minimum Gasteiger partial charge on any atom is -0.246 e. The molecule has 0 saturated carbocycles. The predicted molar refractivity (Wildman–Crippen MR) is 98.8 cm³/mol. The maximum Gasteiger partial charge on any atom is 0.350 e. The second kappa shape index (κ2) is 6.94. The summed E-state index contributed by atoms with van der Waals surface area (Å²) >= 11 is 1.58. The lowest BCUT2D eigenvalue weighted by Gasteiger charge is -2.01. The lowest BCUT2D eigenvalue weighted by atomic mass is 10.2. The fourth-order valence-electron chi connectivity index (χ4n) is 2.61. The second-order valence-corrected chi connectivity index (χ2v) is 6.59. The van der Waals surface area contributed by atoms with Crippen LogP contribution in [0.2, 0.25) is 0 Å². The van der Waals surface area contributed by atoms with E-state index in [1.807, 2.05) is 48.5 Å². The predicted octanol–water partition coefficient (Wildman–Crippen LogP) is 3.23. The zero-order valence-electron chi connectivity index (χ0n) is 13.4. The quantitative estimate of drug-likeness (QED) is 0.520. The Morgan fingerprint density at radius 2 is 1.60 bits per heavy atom. The van der Waals surface area contributed by atoms with E-state index in [1.165, 1.54) is 10.2 Å². The van der Waals surface area contributed by atoms with Crippen molar-refractivity contribution in [1.82, 2.24) is 19.2 Å². The lowest BCUT2D eigenvalue weighted by molar-refractivity contribution is 0.658. The van der Waals surface area contributed by atoms with Gasteiger partial charge in [0.05, 0.1) is 6.54 Å². The molecule has 2 heterocycles. The summed E-state index contributed by atoms with van der Waals surface area (Å²) in [6.45, 7) is 0.449. The molecule has 2 aromatic carbocycles. The number of rotatable bonds is 5. The van der Waals surface area contributed by atoms with Crippen molar-refractivity contribution in [3.63, 3.8) is 0 Å². The Morgan fingerprint density at radius 1 is 0.920 bits per heavy atom. The van der Waals surface area contributed by atoms with Gasteiger partial charge in [0.25, 0.3) is 0 Å². The molecule has 0 radical (unpaired) electrons. The minimum atomic E-state index is -0.150. The van der Waals surface area contributed by atoms with Gasteiger partial charge in [-0.25, -0.2) is 18.9 Å². The van der Waals surface area contributed by atoms with Gasteiger partial charge in [0.2, 0.25) is 0 Å². The van der Waals surface area contributed by atoms with Crippen molar-refractivity contribution >= 4 is 17.4 Å². The van der Waals surface area contributed by atoms with Crippen molar-refractivity contribution < 1.29 is 0 Å². The normalized spacial score (nSPS) is 11.0. The molecule has 2 aromatic heterocycles. The summed E-state index contributed by atoms with van der Waals surface area (Å²) in [7, 11) is 0. The van der Waals surface area contributed by atoms with E-state index in [4.69, 9.17) is 0 Å². The van der Waals surface area contributed by atoms with Crippen LogP contribution in [0.5, 0.6) is 0 Å². The second-order valence-electron chi connectivity index (χ2n) is 5.63. The molecule has 0 bridgehead atoms. The average molecular weight is 348 g/mol. The van der Waals surface area contributed by atoms with Gasteiger partial charge in [0.15, 0.2) is 5.65 Å². The molecule has 0 saturated heterocycles. The molecule has 0 aliphatic carbocycles. The van der Waals surface area contributed by atoms with Crippen molar-refractivity contribution in [2.75, 3.05) is 0 Å². The highest BCUT2D eigenvalue weighted by molar-refractivity contribution is 7.98. The maximum atomic E-state index is 12.6. The summed E-state index contributed by atoms with van der Waals surface area (Å²) in [5, 5.41) is 5.26. The molecule has 0 N–H and O–H groups in total. The Labute approximate surface area is 149 Å². The first kappa shape index (κ1) is 15.7. The highest BCUT2D eigenvalue weighted by atomic mass is 32.2. The molecule has 0 spiro atoms. The van der Waals surface area contributed by atoms with E-state index < -0.39 is 0 Å². The number of hydrogen-bond donors (Lipinski definition) is 0. The smallest absolute Gasteiger partial charge is 0.246 e. The summed E-state index contributed by atoms with van der Waals surface area (Å²) in [5.74, 6) is 0.785. The Balaban J connectivity index is 1.65. The number of nitrogens with zero attached hydrogens (tertiary/aromatic N) is 4. The summed E-state index contributed by atoms with van der Waals surface area (Å²) in [4.78, 5) is 17.0. The number of thioether (sulfide) groups is 1. The monoisotopic (exact) mass is 348 g/mol. The van der Waals surface area contributed by atoms with E-state index in [2.05, 4.69) is 22.2 Å². The molecule has 124 valence electrons. The van der Waals surface area contributed by atoms with Crippen LogP contribution < -0.4 is 5.69 Å². The Hall–Kier alpha value is -2.86. The van der Waals surface area contributed by atoms with E-state index >= 15 is 0 Å². The van der Waals surface area contributed by atoms with Crippen LogP contribution in [-0.2, 0) is 12.3 Å². The van der Waals surface area contributed by atoms with Gasteiger partial charge in [-0.05, 0) is 11.1 Å². The number of benzene rings is 2. The van der Waals surface area contributed by atoms with Gasteiger partial charge in [-0.15, -0.1) is 5.10 Å². The molecule has 4 rings (SSSR count). The molecule has 0 aliphatic heterocycles. The molecular weight excluding hydrogens is 332 g/mol. The van der Waals surface area contributed by atoms with Gasteiger partial charge in [-0.3, -0.25) is 0 Å². The van der Waals surface area contributed by atoms with Crippen LogP contribution in [0.15, 0.2) is 82.9 Å². The fraction of sp³-hybridized carbons (Fsp3) is 0.105. The zero-order chi connectivity index (χ0) is 17.1. The molecule has 5 nitrogen and oxygen atoms in total. The number of aromatic nitrogens is 4. The van der Waals surface area contributed by atoms with Gasteiger partial charge in [0.1, 0.15) is 5.03 Å². The molecule has 0 amide bonds. The molecule has 0 aliphatic rings. The fourth-order valence-corrected chi connectivity index (χ4v) is 3.51. The van der Waals surface area contributed by atoms with E-state index in [0.717, 1.165) is 16.3 Å². The third-order valence-corrected chi connectivity index (χ3v) is 4.90. The summed E-state index contributed by atoms with van der Waals surface area (Å²) in [6, 6.07) is 20.0. The van der Waals surface area contributed by atoms with Gasteiger partial charge in [-0.1, -0.05) is 72.4 Å². The van der Waals surface area contributed by atoms with E-state index in [9.17, 15) is 4.79 Å². The van der Waals surface area contributed by atoms with Crippen molar-refractivity contribution in [3.8, 4) is 0 Å². The van der Waals surface area contributed by atoms with Crippen LogP contribution in [0.25, 0.3) is 5.65 Å². The van der Waals surface area contributed by atoms with E-state index in [-0.39, 0.29) is 5.69 Å². The molecule has 0 fully saturated rings. The summed E-state index contributed by atoms with van der Waals surface area (Å²) < 4.78 is 3.04. The largest absolute Gasteiger partial charge is 0.350 e. The minimum absolute atomic E-state index is 0.150. The van der Waals surface area contributed by atoms with Gasteiger partial charge < -0.3 is 0 Å². The topological polar surface area (TPSA) is 52.2 Å². The Morgan fingerprint density at radius 3 is 2.32 bits per heavy atom. The first-order valence-corrected chi connectivity index (χ1v) is 8.94. The molecular formula is C19H16N4OS. The Kier molecular flexibility index (Phi) is 4.35. The maximum absolute atomic E-state index is 12.6. The van der Waals surface area contributed by atoms with Crippen molar-refractivity contribution in [3.05, 3.63) is 94.7 Å². The zero-order valence-corrected chi connectivity index (χ0v) is 14.3. The molecule has 6 heteroatoms. The third-order valence-electron chi connectivity index (χ3n) is 3.86. The van der Waals surface area contributed by atoms with Gasteiger partial charge in [-0.2, -0.15) is 0 Å². The van der Waals surface area contributed by atoms with Crippen LogP contribution in [-0.4, -0.2) is 19.2 Å². The molecule has 4 aromatic rings. The van der Waals surface area contributed by atoms with Gasteiger partial charge >= 0.3 is 5.69 Å². The number of hydrogen-bond acceptors (Lipinski definition) is 4. The van der Waals surface area contributed by atoms with Crippen molar-refractivity contribution in [2.24, 2.45) is 0 Å². The van der Waals surface area contributed by atoms with E-state index in [1.54, 1.807) is 28.6 Å². The lowest BCUT2D eigenvalue weighted by Crippen LogP contribution is -2.21. The highest BCUT2D eigenvalue weighted by Gasteiger charge is 2.12. The van der Waals surface area contributed by atoms with Crippen LogP contribution >= 0.6 is 11.8 Å². The van der Waals surface area contributed by atoms with E-state index in [0.29, 0.717) is 12.2 Å².